The van der Waals surface area contributed by atoms with Crippen molar-refractivity contribution in [2.75, 3.05) is 0 Å². The maximum atomic E-state index is 13.0. The first-order valence-electron chi connectivity index (χ1n) is 5.42. The molecule has 0 fully saturated rings. The summed E-state index contributed by atoms with van der Waals surface area (Å²) in [6.45, 7) is 0. The number of hydrogen-bond donors (Lipinski definition) is 0. The Morgan fingerprint density at radius 1 is 1.21 bits per heavy atom. The van der Waals surface area contributed by atoms with Gasteiger partial charge in [0.25, 0.3) is 5.56 Å². The average molecular weight is 267 g/mol. The Labute approximate surface area is 104 Å². The molecule has 1 aromatic carbocycles. The van der Waals surface area contributed by atoms with E-state index in [1.54, 1.807) is 0 Å². The van der Waals surface area contributed by atoms with E-state index in [9.17, 15) is 18.0 Å². The van der Waals surface area contributed by atoms with E-state index in [0.717, 1.165) is 10.6 Å². The molecule has 0 spiro atoms. The third-order valence-electron chi connectivity index (χ3n) is 3.08. The molecule has 0 radical (unpaired) electrons. The smallest absolute Gasteiger partial charge is 0.308 e. The van der Waals surface area contributed by atoms with Gasteiger partial charge in [0.15, 0.2) is 0 Å². The summed E-state index contributed by atoms with van der Waals surface area (Å²) in [7, 11) is 1.33. The molecule has 0 aliphatic rings. The summed E-state index contributed by atoms with van der Waals surface area (Å²) in [6.07, 6.45) is -1.85. The maximum absolute atomic E-state index is 13.0. The standard InChI is InChI=1S/C12H8F3N3O/c1-17-10-7(12(13,14)15)3-2-4-8(10)18-6-16-5-9(18)11(17)19/h2-6H,1H3. The molecule has 19 heavy (non-hydrogen) atoms. The molecule has 4 nitrogen and oxygen atoms in total. The third kappa shape index (κ3) is 1.54. The molecule has 3 aromatic rings. The van der Waals surface area contributed by atoms with Gasteiger partial charge in [-0.3, -0.25) is 9.20 Å². The van der Waals surface area contributed by atoms with Crippen LogP contribution >= 0.6 is 0 Å². The molecule has 98 valence electrons. The van der Waals surface area contributed by atoms with Gasteiger partial charge in [0.1, 0.15) is 5.52 Å². The Morgan fingerprint density at radius 2 is 1.95 bits per heavy atom. The highest BCUT2D eigenvalue weighted by molar-refractivity contribution is 5.82. The van der Waals surface area contributed by atoms with Crippen LogP contribution in [0.4, 0.5) is 13.2 Å². The fourth-order valence-electron chi connectivity index (χ4n) is 2.23. The molecule has 0 unspecified atom stereocenters. The van der Waals surface area contributed by atoms with E-state index < -0.39 is 17.3 Å². The van der Waals surface area contributed by atoms with Crippen molar-refractivity contribution in [1.29, 1.82) is 0 Å². The Balaban J connectivity index is 2.65. The van der Waals surface area contributed by atoms with Crippen LogP contribution in [0.3, 0.4) is 0 Å². The molecule has 2 heterocycles. The minimum Gasteiger partial charge on any atom is -0.308 e. The van der Waals surface area contributed by atoms with Gasteiger partial charge < -0.3 is 4.57 Å². The molecule has 0 aliphatic carbocycles. The van der Waals surface area contributed by atoms with Gasteiger partial charge in [-0.05, 0) is 12.1 Å². The van der Waals surface area contributed by atoms with Gasteiger partial charge in [-0.25, -0.2) is 4.98 Å². The lowest BCUT2D eigenvalue weighted by molar-refractivity contribution is -0.136. The van der Waals surface area contributed by atoms with Gasteiger partial charge in [0.2, 0.25) is 0 Å². The van der Waals surface area contributed by atoms with E-state index in [1.807, 2.05) is 0 Å². The first-order valence-corrected chi connectivity index (χ1v) is 5.42. The summed E-state index contributed by atoms with van der Waals surface area (Å²) in [5.74, 6) is 0. The fourth-order valence-corrected chi connectivity index (χ4v) is 2.23. The number of halogens is 3. The van der Waals surface area contributed by atoms with Crippen LogP contribution in [0.5, 0.6) is 0 Å². The normalized spacial score (nSPS) is 12.4. The van der Waals surface area contributed by atoms with E-state index in [1.165, 1.54) is 36.1 Å². The second-order valence-electron chi connectivity index (χ2n) is 4.18. The number of nitrogens with zero attached hydrogens (tertiary/aromatic N) is 3. The Morgan fingerprint density at radius 3 is 2.63 bits per heavy atom. The first kappa shape index (κ1) is 11.8. The second kappa shape index (κ2) is 3.59. The number of benzene rings is 1. The molecule has 0 aliphatic heterocycles. The Hall–Kier alpha value is -2.31. The van der Waals surface area contributed by atoms with Crippen molar-refractivity contribution >= 4 is 16.6 Å². The van der Waals surface area contributed by atoms with Gasteiger partial charge in [0, 0.05) is 7.05 Å². The van der Waals surface area contributed by atoms with Crippen molar-refractivity contribution in [3.8, 4) is 0 Å². The lowest BCUT2D eigenvalue weighted by atomic mass is 10.1. The van der Waals surface area contributed by atoms with Crippen molar-refractivity contribution in [2.45, 2.75) is 6.18 Å². The summed E-state index contributed by atoms with van der Waals surface area (Å²) >= 11 is 0. The zero-order chi connectivity index (χ0) is 13.8. The van der Waals surface area contributed by atoms with E-state index >= 15 is 0 Å². The Bertz CT molecular complexity index is 845. The predicted octanol–water partition coefficient (Wildman–Crippen LogP) is 2.21. The molecule has 0 atom stereocenters. The number of imidazole rings is 1. The van der Waals surface area contributed by atoms with Crippen LogP contribution < -0.4 is 5.56 Å². The van der Waals surface area contributed by atoms with Crippen molar-refractivity contribution in [3.05, 3.63) is 46.6 Å². The Kier molecular flexibility index (Phi) is 2.23. The molecule has 0 bridgehead atoms. The minimum atomic E-state index is -4.52. The lowest BCUT2D eigenvalue weighted by Gasteiger charge is -2.14. The van der Waals surface area contributed by atoms with Crippen LogP contribution in [0.1, 0.15) is 5.56 Å². The number of rotatable bonds is 0. The minimum absolute atomic E-state index is 0.148. The van der Waals surface area contributed by atoms with E-state index in [4.69, 9.17) is 0 Å². The van der Waals surface area contributed by atoms with E-state index in [-0.39, 0.29) is 11.0 Å². The van der Waals surface area contributed by atoms with Gasteiger partial charge in [0.05, 0.1) is 29.1 Å². The molecule has 0 N–H and O–H groups in total. The summed E-state index contributed by atoms with van der Waals surface area (Å²) in [5, 5.41) is 0. The van der Waals surface area contributed by atoms with Gasteiger partial charge in [-0.15, -0.1) is 0 Å². The monoisotopic (exact) mass is 267 g/mol. The number of alkyl halides is 3. The quantitative estimate of drug-likeness (QED) is 0.626. The average Bonchev–Trinajstić information content (AvgIpc) is 2.83. The van der Waals surface area contributed by atoms with Gasteiger partial charge in [-0.2, -0.15) is 13.2 Å². The number of hydrogen-bond acceptors (Lipinski definition) is 2. The van der Waals surface area contributed by atoms with E-state index in [0.29, 0.717) is 5.52 Å². The lowest BCUT2D eigenvalue weighted by Crippen LogP contribution is -2.22. The van der Waals surface area contributed by atoms with Gasteiger partial charge >= 0.3 is 6.18 Å². The highest BCUT2D eigenvalue weighted by atomic mass is 19.4. The predicted molar refractivity (Wildman–Crippen MR) is 62.9 cm³/mol. The van der Waals surface area contributed by atoms with Crippen LogP contribution in [0.2, 0.25) is 0 Å². The van der Waals surface area contributed by atoms with Crippen LogP contribution in [-0.2, 0) is 13.2 Å². The first-order chi connectivity index (χ1) is 8.91. The van der Waals surface area contributed by atoms with Crippen LogP contribution in [-0.4, -0.2) is 14.0 Å². The SMILES string of the molecule is Cn1c(=O)c2cncn2c2cccc(C(F)(F)F)c21. The number of fused-ring (bicyclic) bond motifs is 3. The second-order valence-corrected chi connectivity index (χ2v) is 4.18. The molecular formula is C12H8F3N3O. The molecule has 0 saturated carbocycles. The van der Waals surface area contributed by atoms with Crippen LogP contribution in [0, 0.1) is 0 Å². The van der Waals surface area contributed by atoms with Crippen molar-refractivity contribution < 1.29 is 13.2 Å². The molecule has 0 saturated heterocycles. The number of para-hydroxylation sites is 1. The van der Waals surface area contributed by atoms with Crippen molar-refractivity contribution in [1.82, 2.24) is 14.0 Å². The molecular weight excluding hydrogens is 259 g/mol. The number of aromatic nitrogens is 3. The van der Waals surface area contributed by atoms with Crippen LogP contribution in [0.15, 0.2) is 35.5 Å². The molecule has 0 amide bonds. The maximum Gasteiger partial charge on any atom is 0.418 e. The van der Waals surface area contributed by atoms with Crippen molar-refractivity contribution in [3.63, 3.8) is 0 Å². The van der Waals surface area contributed by atoms with Crippen molar-refractivity contribution in [2.24, 2.45) is 7.05 Å². The zero-order valence-electron chi connectivity index (χ0n) is 9.77. The molecule has 7 heteroatoms. The summed E-state index contributed by atoms with van der Waals surface area (Å²) in [5.41, 5.74) is -0.953. The number of aryl methyl sites for hydroxylation is 1. The molecule has 2 aromatic heterocycles. The summed E-state index contributed by atoms with van der Waals surface area (Å²) in [4.78, 5) is 15.8. The topological polar surface area (TPSA) is 39.3 Å². The highest BCUT2D eigenvalue weighted by Gasteiger charge is 2.34. The summed E-state index contributed by atoms with van der Waals surface area (Å²) in [6, 6.07) is 3.80. The highest BCUT2D eigenvalue weighted by Crippen LogP contribution is 2.34. The van der Waals surface area contributed by atoms with E-state index in [2.05, 4.69) is 4.98 Å². The molecule has 3 rings (SSSR count). The van der Waals surface area contributed by atoms with Crippen LogP contribution in [0.25, 0.3) is 16.6 Å². The summed E-state index contributed by atoms with van der Waals surface area (Å²) < 4.78 is 41.4. The largest absolute Gasteiger partial charge is 0.418 e. The zero-order valence-corrected chi connectivity index (χ0v) is 9.77. The van der Waals surface area contributed by atoms with Gasteiger partial charge in [-0.1, -0.05) is 6.07 Å². The fraction of sp³-hybridized carbons (Fsp3) is 0.167. The third-order valence-corrected chi connectivity index (χ3v) is 3.08.